The molecule has 1 aromatic heterocycles. The molecule has 0 amide bonds. The molecule has 1 heterocycles. The van der Waals surface area contributed by atoms with E-state index in [4.69, 9.17) is 5.73 Å². The van der Waals surface area contributed by atoms with E-state index in [1.807, 2.05) is 19.3 Å². The summed E-state index contributed by atoms with van der Waals surface area (Å²) < 4.78 is 2.23. The van der Waals surface area contributed by atoms with E-state index in [0.29, 0.717) is 0 Å². The SMILES string of the molecule is CC(N)c1ccccc1-n1cnc2c1CCCC2. The molecule has 3 heteroatoms. The van der Waals surface area contributed by atoms with Gasteiger partial charge in [-0.2, -0.15) is 0 Å². The lowest BCUT2D eigenvalue weighted by Gasteiger charge is -2.18. The van der Waals surface area contributed by atoms with Gasteiger partial charge in [0.25, 0.3) is 0 Å². The molecule has 94 valence electrons. The molecule has 3 rings (SSSR count). The molecular formula is C15H19N3. The van der Waals surface area contributed by atoms with Crippen LogP contribution in [-0.2, 0) is 12.8 Å². The highest BCUT2D eigenvalue weighted by Crippen LogP contribution is 2.26. The van der Waals surface area contributed by atoms with Crippen LogP contribution in [-0.4, -0.2) is 9.55 Å². The molecule has 2 N–H and O–H groups in total. The highest BCUT2D eigenvalue weighted by molar-refractivity contribution is 5.45. The Kier molecular flexibility index (Phi) is 2.92. The fraction of sp³-hybridized carbons (Fsp3) is 0.400. The summed E-state index contributed by atoms with van der Waals surface area (Å²) in [5.41, 5.74) is 11.1. The van der Waals surface area contributed by atoms with Crippen LogP contribution in [0.2, 0.25) is 0 Å². The second-order valence-electron chi connectivity index (χ2n) is 5.06. The van der Waals surface area contributed by atoms with Crippen molar-refractivity contribution in [3.8, 4) is 5.69 Å². The monoisotopic (exact) mass is 241 g/mol. The molecule has 2 aromatic rings. The van der Waals surface area contributed by atoms with Crippen molar-refractivity contribution in [1.82, 2.24) is 9.55 Å². The number of aryl methyl sites for hydroxylation is 1. The maximum absolute atomic E-state index is 6.06. The lowest BCUT2D eigenvalue weighted by Crippen LogP contribution is -2.12. The first-order valence-corrected chi connectivity index (χ1v) is 6.67. The molecule has 0 fully saturated rings. The van der Waals surface area contributed by atoms with E-state index in [0.717, 1.165) is 12.8 Å². The molecule has 0 spiro atoms. The fourth-order valence-electron chi connectivity index (χ4n) is 2.77. The molecule has 18 heavy (non-hydrogen) atoms. The highest BCUT2D eigenvalue weighted by atomic mass is 15.1. The molecule has 0 aliphatic heterocycles. The third kappa shape index (κ3) is 1.85. The van der Waals surface area contributed by atoms with Crippen molar-refractivity contribution in [3.63, 3.8) is 0 Å². The van der Waals surface area contributed by atoms with Crippen LogP contribution < -0.4 is 5.73 Å². The predicted molar refractivity (Wildman–Crippen MR) is 72.8 cm³/mol. The number of nitrogens with two attached hydrogens (primary N) is 1. The topological polar surface area (TPSA) is 43.8 Å². The largest absolute Gasteiger partial charge is 0.324 e. The van der Waals surface area contributed by atoms with Crippen LogP contribution in [0.15, 0.2) is 30.6 Å². The van der Waals surface area contributed by atoms with Gasteiger partial charge in [-0.25, -0.2) is 4.98 Å². The van der Waals surface area contributed by atoms with Crippen LogP contribution in [0.25, 0.3) is 5.69 Å². The van der Waals surface area contributed by atoms with Gasteiger partial charge in [-0.05, 0) is 44.2 Å². The fourth-order valence-corrected chi connectivity index (χ4v) is 2.77. The lowest BCUT2D eigenvalue weighted by molar-refractivity contribution is 0.654. The van der Waals surface area contributed by atoms with Crippen molar-refractivity contribution in [2.75, 3.05) is 0 Å². The minimum Gasteiger partial charge on any atom is -0.324 e. The lowest BCUT2D eigenvalue weighted by atomic mass is 10.0. The Hall–Kier alpha value is -1.61. The maximum atomic E-state index is 6.06. The summed E-state index contributed by atoms with van der Waals surface area (Å²) in [5, 5.41) is 0. The second-order valence-corrected chi connectivity index (χ2v) is 5.06. The molecule has 1 aromatic carbocycles. The normalized spacial score (nSPS) is 16.3. The van der Waals surface area contributed by atoms with Crippen molar-refractivity contribution >= 4 is 0 Å². The van der Waals surface area contributed by atoms with Gasteiger partial charge in [-0.3, -0.25) is 0 Å². The Morgan fingerprint density at radius 2 is 2.00 bits per heavy atom. The standard InChI is InChI=1S/C15H19N3/c1-11(16)12-6-2-4-8-14(12)18-10-17-13-7-3-5-9-15(13)18/h2,4,6,8,10-11H,3,5,7,9,16H2,1H3. The van der Waals surface area contributed by atoms with Gasteiger partial charge in [0.2, 0.25) is 0 Å². The van der Waals surface area contributed by atoms with Gasteiger partial charge in [-0.1, -0.05) is 18.2 Å². The molecule has 0 bridgehead atoms. The van der Waals surface area contributed by atoms with E-state index in [-0.39, 0.29) is 6.04 Å². The third-order valence-corrected chi connectivity index (χ3v) is 3.72. The van der Waals surface area contributed by atoms with Crippen molar-refractivity contribution in [2.24, 2.45) is 5.73 Å². The Bertz CT molecular complexity index is 555. The van der Waals surface area contributed by atoms with Crippen molar-refractivity contribution in [1.29, 1.82) is 0 Å². The zero-order valence-corrected chi connectivity index (χ0v) is 10.8. The highest BCUT2D eigenvalue weighted by Gasteiger charge is 2.18. The Morgan fingerprint density at radius 3 is 2.83 bits per heavy atom. The van der Waals surface area contributed by atoms with Gasteiger partial charge in [0, 0.05) is 11.7 Å². The molecule has 0 saturated heterocycles. The van der Waals surface area contributed by atoms with Gasteiger partial charge in [0.05, 0.1) is 17.7 Å². The average Bonchev–Trinajstić information content (AvgIpc) is 2.82. The molecule has 0 saturated carbocycles. The summed E-state index contributed by atoms with van der Waals surface area (Å²) in [7, 11) is 0. The first-order chi connectivity index (χ1) is 8.77. The molecule has 1 unspecified atom stereocenters. The number of aromatic nitrogens is 2. The molecule has 0 radical (unpaired) electrons. The van der Waals surface area contributed by atoms with E-state index in [1.54, 1.807) is 0 Å². The molecular weight excluding hydrogens is 222 g/mol. The zero-order valence-electron chi connectivity index (χ0n) is 10.8. The van der Waals surface area contributed by atoms with Crippen LogP contribution in [0.5, 0.6) is 0 Å². The van der Waals surface area contributed by atoms with Crippen LogP contribution in [0.1, 0.15) is 42.8 Å². The van der Waals surface area contributed by atoms with Crippen molar-refractivity contribution in [2.45, 2.75) is 38.6 Å². The molecule has 1 aliphatic rings. The quantitative estimate of drug-likeness (QED) is 0.878. The second kappa shape index (κ2) is 4.58. The molecule has 1 atom stereocenters. The Morgan fingerprint density at radius 1 is 1.22 bits per heavy atom. The van der Waals surface area contributed by atoms with Crippen LogP contribution in [0, 0.1) is 0 Å². The summed E-state index contributed by atoms with van der Waals surface area (Å²) in [6.07, 6.45) is 6.72. The first kappa shape index (κ1) is 11.5. The minimum atomic E-state index is 0.0443. The Labute approximate surface area is 108 Å². The van der Waals surface area contributed by atoms with Gasteiger partial charge in [-0.15, -0.1) is 0 Å². The smallest absolute Gasteiger partial charge is 0.0997 e. The van der Waals surface area contributed by atoms with E-state index in [2.05, 4.69) is 27.8 Å². The summed E-state index contributed by atoms with van der Waals surface area (Å²) in [5.74, 6) is 0. The molecule has 1 aliphatic carbocycles. The number of nitrogens with zero attached hydrogens (tertiary/aromatic N) is 2. The predicted octanol–water partition coefficient (Wildman–Crippen LogP) is 2.77. The Balaban J connectivity index is 2.13. The van der Waals surface area contributed by atoms with Gasteiger partial charge in [0.15, 0.2) is 0 Å². The van der Waals surface area contributed by atoms with E-state index < -0.39 is 0 Å². The number of imidazole rings is 1. The van der Waals surface area contributed by atoms with E-state index in [1.165, 1.54) is 35.5 Å². The van der Waals surface area contributed by atoms with E-state index in [9.17, 15) is 0 Å². The van der Waals surface area contributed by atoms with Crippen LogP contribution in [0.4, 0.5) is 0 Å². The van der Waals surface area contributed by atoms with Gasteiger partial charge in [0.1, 0.15) is 0 Å². The summed E-state index contributed by atoms with van der Waals surface area (Å²) in [4.78, 5) is 4.56. The van der Waals surface area contributed by atoms with Crippen molar-refractivity contribution in [3.05, 3.63) is 47.5 Å². The number of hydrogen-bond acceptors (Lipinski definition) is 2. The summed E-state index contributed by atoms with van der Waals surface area (Å²) >= 11 is 0. The minimum absolute atomic E-state index is 0.0443. The maximum Gasteiger partial charge on any atom is 0.0997 e. The number of benzene rings is 1. The van der Waals surface area contributed by atoms with Gasteiger partial charge < -0.3 is 10.3 Å². The van der Waals surface area contributed by atoms with Crippen LogP contribution >= 0.6 is 0 Å². The van der Waals surface area contributed by atoms with E-state index >= 15 is 0 Å². The molecule has 3 nitrogen and oxygen atoms in total. The summed E-state index contributed by atoms with van der Waals surface area (Å²) in [6, 6.07) is 8.40. The zero-order chi connectivity index (χ0) is 12.5. The third-order valence-electron chi connectivity index (χ3n) is 3.72. The van der Waals surface area contributed by atoms with Gasteiger partial charge >= 0.3 is 0 Å². The number of fused-ring (bicyclic) bond motifs is 1. The number of para-hydroxylation sites is 1. The first-order valence-electron chi connectivity index (χ1n) is 6.67. The number of rotatable bonds is 2. The van der Waals surface area contributed by atoms with Crippen molar-refractivity contribution < 1.29 is 0 Å². The average molecular weight is 241 g/mol. The summed E-state index contributed by atoms with van der Waals surface area (Å²) in [6.45, 7) is 2.03. The van der Waals surface area contributed by atoms with Crippen LogP contribution in [0.3, 0.4) is 0 Å². The number of hydrogen-bond donors (Lipinski definition) is 1.